The Labute approximate surface area is 128 Å². The molecule has 0 spiro atoms. The molecule has 0 rings (SSSR count). The van der Waals surface area contributed by atoms with Crippen molar-refractivity contribution in [2.75, 3.05) is 13.1 Å². The number of esters is 1. The largest absolute Gasteiger partial charge is 0.459 e. The highest BCUT2D eigenvalue weighted by molar-refractivity contribution is 5.73. The van der Waals surface area contributed by atoms with Gasteiger partial charge in [-0.2, -0.15) is 0 Å². The minimum atomic E-state index is -0.584. The van der Waals surface area contributed by atoms with Crippen molar-refractivity contribution in [2.45, 2.75) is 66.6 Å². The molecule has 6 nitrogen and oxygen atoms in total. The van der Waals surface area contributed by atoms with Gasteiger partial charge in [0.2, 0.25) is 0 Å². The third-order valence-electron chi connectivity index (χ3n) is 1.97. The number of rotatable bonds is 5. The molecule has 0 heterocycles. The maximum atomic E-state index is 11.9. The van der Waals surface area contributed by atoms with Crippen molar-refractivity contribution in [1.82, 2.24) is 10.4 Å². The van der Waals surface area contributed by atoms with Crippen LogP contribution in [0.4, 0.5) is 4.79 Å². The number of carbonyl (C=O) groups is 2. The van der Waals surface area contributed by atoms with E-state index in [9.17, 15) is 9.59 Å². The van der Waals surface area contributed by atoms with Gasteiger partial charge in [-0.3, -0.25) is 10.2 Å². The summed E-state index contributed by atoms with van der Waals surface area (Å²) in [6.45, 7) is 15.3. The van der Waals surface area contributed by atoms with Crippen LogP contribution in [-0.4, -0.2) is 41.4 Å². The molecule has 0 saturated heterocycles. The molecule has 124 valence electrons. The van der Waals surface area contributed by atoms with Gasteiger partial charge in [0.1, 0.15) is 17.7 Å². The molecule has 0 aliphatic heterocycles. The smallest absolute Gasteiger partial charge is 0.422 e. The summed E-state index contributed by atoms with van der Waals surface area (Å²) in [6, 6.07) is 0. The van der Waals surface area contributed by atoms with Gasteiger partial charge >= 0.3 is 12.1 Å². The Kier molecular flexibility index (Phi) is 7.16. The molecule has 0 unspecified atom stereocenters. The van der Waals surface area contributed by atoms with Crippen LogP contribution in [0, 0.1) is 5.92 Å². The molecule has 0 aromatic heterocycles. The summed E-state index contributed by atoms with van der Waals surface area (Å²) in [6.07, 6.45) is -0.577. The summed E-state index contributed by atoms with van der Waals surface area (Å²) in [5.41, 5.74) is 1.46. The summed E-state index contributed by atoms with van der Waals surface area (Å²) in [5, 5.41) is 1.52. The van der Waals surface area contributed by atoms with Gasteiger partial charge in [-0.05, 0) is 47.5 Å². The monoisotopic (exact) mass is 302 g/mol. The van der Waals surface area contributed by atoms with E-state index in [-0.39, 0.29) is 18.4 Å². The highest BCUT2D eigenvalue weighted by Gasteiger charge is 2.23. The third-order valence-corrected chi connectivity index (χ3v) is 1.97. The van der Waals surface area contributed by atoms with E-state index in [4.69, 9.17) is 9.47 Å². The fourth-order valence-electron chi connectivity index (χ4n) is 1.55. The van der Waals surface area contributed by atoms with E-state index in [2.05, 4.69) is 5.43 Å². The van der Waals surface area contributed by atoms with Crippen LogP contribution in [0.3, 0.4) is 0 Å². The van der Waals surface area contributed by atoms with E-state index in [0.29, 0.717) is 6.54 Å². The van der Waals surface area contributed by atoms with Crippen LogP contribution in [0.25, 0.3) is 0 Å². The average Bonchev–Trinajstić information content (AvgIpc) is 2.07. The Hall–Kier alpha value is -1.30. The zero-order valence-electron chi connectivity index (χ0n) is 14.6. The van der Waals surface area contributed by atoms with Crippen molar-refractivity contribution in [1.29, 1.82) is 0 Å². The number of carbonyl (C=O) groups excluding carboxylic acids is 2. The Morgan fingerprint density at radius 3 is 1.86 bits per heavy atom. The zero-order valence-corrected chi connectivity index (χ0v) is 14.6. The van der Waals surface area contributed by atoms with Crippen LogP contribution < -0.4 is 5.43 Å². The Morgan fingerprint density at radius 1 is 1.00 bits per heavy atom. The topological polar surface area (TPSA) is 67.9 Å². The molecule has 0 aliphatic carbocycles. The standard InChI is InChI=1S/C15H30N2O4/c1-11(2)9-17(10-12(18)20-14(3,4)5)16-13(19)21-15(6,7)8/h11H,9-10H2,1-8H3,(H,16,19). The number of amides is 1. The third kappa shape index (κ3) is 12.2. The second-order valence-corrected chi connectivity index (χ2v) is 7.47. The number of hydrogen-bond donors (Lipinski definition) is 1. The minimum Gasteiger partial charge on any atom is -0.459 e. The van der Waals surface area contributed by atoms with Gasteiger partial charge in [0.25, 0.3) is 0 Å². The number of ether oxygens (including phenoxy) is 2. The van der Waals surface area contributed by atoms with Gasteiger partial charge in [0, 0.05) is 6.54 Å². The lowest BCUT2D eigenvalue weighted by Crippen LogP contribution is -2.49. The van der Waals surface area contributed by atoms with Gasteiger partial charge in [0.05, 0.1) is 0 Å². The average molecular weight is 302 g/mol. The van der Waals surface area contributed by atoms with Crippen LogP contribution in [0.15, 0.2) is 0 Å². The molecule has 0 aromatic rings. The van der Waals surface area contributed by atoms with E-state index in [1.165, 1.54) is 5.01 Å². The van der Waals surface area contributed by atoms with Gasteiger partial charge in [0.15, 0.2) is 0 Å². The molecule has 0 radical (unpaired) electrons. The Morgan fingerprint density at radius 2 is 1.48 bits per heavy atom. The second kappa shape index (κ2) is 7.64. The Bertz CT molecular complexity index is 324. The molecule has 0 aromatic carbocycles. The molecule has 0 atom stereocenters. The molecule has 0 bridgehead atoms. The molecule has 1 N–H and O–H groups in total. The first-order valence-electron chi connectivity index (χ1n) is 7.25. The Balaban J connectivity index is 4.59. The van der Waals surface area contributed by atoms with Crippen LogP contribution in [0.2, 0.25) is 0 Å². The summed E-state index contributed by atoms with van der Waals surface area (Å²) in [4.78, 5) is 23.7. The van der Waals surface area contributed by atoms with E-state index < -0.39 is 17.3 Å². The normalized spacial score (nSPS) is 12.5. The minimum absolute atomic E-state index is 0.0192. The maximum Gasteiger partial charge on any atom is 0.422 e. The molecule has 21 heavy (non-hydrogen) atoms. The summed E-state index contributed by atoms with van der Waals surface area (Å²) in [7, 11) is 0. The van der Waals surface area contributed by atoms with Crippen molar-refractivity contribution in [3.8, 4) is 0 Å². The predicted molar refractivity (Wildman–Crippen MR) is 81.6 cm³/mol. The first-order valence-corrected chi connectivity index (χ1v) is 7.25. The predicted octanol–water partition coefficient (Wildman–Crippen LogP) is 2.73. The quantitative estimate of drug-likeness (QED) is 0.625. The summed E-state index contributed by atoms with van der Waals surface area (Å²) >= 11 is 0. The molecule has 0 saturated carbocycles. The molecular formula is C15H30N2O4. The van der Waals surface area contributed by atoms with Crippen LogP contribution in [-0.2, 0) is 14.3 Å². The maximum absolute atomic E-state index is 11.9. The molecule has 0 aliphatic rings. The van der Waals surface area contributed by atoms with Crippen molar-refractivity contribution in [2.24, 2.45) is 5.92 Å². The lowest BCUT2D eigenvalue weighted by molar-refractivity contribution is -0.156. The van der Waals surface area contributed by atoms with Crippen LogP contribution >= 0.6 is 0 Å². The van der Waals surface area contributed by atoms with E-state index in [1.54, 1.807) is 41.5 Å². The molecule has 0 fully saturated rings. The van der Waals surface area contributed by atoms with Gasteiger partial charge < -0.3 is 9.47 Å². The molecule has 6 heteroatoms. The van der Waals surface area contributed by atoms with Crippen LogP contribution in [0.1, 0.15) is 55.4 Å². The van der Waals surface area contributed by atoms with E-state index >= 15 is 0 Å². The zero-order chi connectivity index (χ0) is 16.8. The highest BCUT2D eigenvalue weighted by atomic mass is 16.6. The lowest BCUT2D eigenvalue weighted by atomic mass is 10.2. The van der Waals surface area contributed by atoms with Gasteiger partial charge in [-0.15, -0.1) is 0 Å². The van der Waals surface area contributed by atoms with Crippen molar-refractivity contribution >= 4 is 12.1 Å². The van der Waals surface area contributed by atoms with Crippen molar-refractivity contribution < 1.29 is 19.1 Å². The number of nitrogens with zero attached hydrogens (tertiary/aromatic N) is 1. The lowest BCUT2D eigenvalue weighted by Gasteiger charge is -2.28. The molecular weight excluding hydrogens is 272 g/mol. The van der Waals surface area contributed by atoms with Crippen molar-refractivity contribution in [3.63, 3.8) is 0 Å². The fraction of sp³-hybridized carbons (Fsp3) is 0.867. The van der Waals surface area contributed by atoms with Crippen LogP contribution in [0.5, 0.6) is 0 Å². The van der Waals surface area contributed by atoms with E-state index in [1.807, 2.05) is 13.8 Å². The summed E-state index contributed by atoms with van der Waals surface area (Å²) in [5.74, 6) is -0.110. The van der Waals surface area contributed by atoms with Gasteiger partial charge in [-0.25, -0.2) is 9.80 Å². The van der Waals surface area contributed by atoms with E-state index in [0.717, 1.165) is 0 Å². The molecule has 1 amide bonds. The number of hydrogen-bond acceptors (Lipinski definition) is 5. The first kappa shape index (κ1) is 19.7. The highest BCUT2D eigenvalue weighted by Crippen LogP contribution is 2.09. The SMILES string of the molecule is CC(C)CN(CC(=O)OC(C)(C)C)NC(=O)OC(C)(C)C. The second-order valence-electron chi connectivity index (χ2n) is 7.47. The van der Waals surface area contributed by atoms with Gasteiger partial charge in [-0.1, -0.05) is 13.8 Å². The van der Waals surface area contributed by atoms with Crippen molar-refractivity contribution in [3.05, 3.63) is 0 Å². The summed E-state index contributed by atoms with van der Waals surface area (Å²) < 4.78 is 10.4. The fourth-order valence-corrected chi connectivity index (χ4v) is 1.55. The number of nitrogens with one attached hydrogen (secondary N) is 1. The number of hydrazine groups is 1. The first-order chi connectivity index (χ1) is 9.28.